The first-order chi connectivity index (χ1) is 20.6. The van der Waals surface area contributed by atoms with Crippen molar-refractivity contribution in [1.29, 1.82) is 0 Å². The molecule has 5 rings (SSSR count). The van der Waals surface area contributed by atoms with Crippen LogP contribution in [0.15, 0.2) is 23.0 Å². The Hall–Kier alpha value is -3.88. The van der Waals surface area contributed by atoms with Crippen LogP contribution in [0.25, 0.3) is 22.3 Å². The van der Waals surface area contributed by atoms with Gasteiger partial charge in [-0.3, -0.25) is 4.79 Å². The number of phosphoric ester groups is 1. The van der Waals surface area contributed by atoms with E-state index in [9.17, 15) is 18.9 Å². The zero-order valence-electron chi connectivity index (χ0n) is 24.7. The van der Waals surface area contributed by atoms with Crippen molar-refractivity contribution in [3.8, 4) is 17.1 Å². The predicted octanol–water partition coefficient (Wildman–Crippen LogP) is 2.87. The van der Waals surface area contributed by atoms with Gasteiger partial charge in [0.15, 0.2) is 11.6 Å². The van der Waals surface area contributed by atoms with Gasteiger partial charge in [-0.1, -0.05) is 6.92 Å². The van der Waals surface area contributed by atoms with E-state index < -0.39 is 43.7 Å². The van der Waals surface area contributed by atoms with Crippen molar-refractivity contribution in [1.82, 2.24) is 19.8 Å². The number of hydrogen-bond donors (Lipinski definition) is 3. The number of benzene rings is 1. The van der Waals surface area contributed by atoms with Crippen LogP contribution >= 0.6 is 7.82 Å². The van der Waals surface area contributed by atoms with E-state index in [2.05, 4.69) is 9.84 Å². The van der Waals surface area contributed by atoms with Gasteiger partial charge in [0.1, 0.15) is 6.61 Å². The summed E-state index contributed by atoms with van der Waals surface area (Å²) in [6.45, 7) is 4.39. The third-order valence-electron chi connectivity index (χ3n) is 7.41. The summed E-state index contributed by atoms with van der Waals surface area (Å²) in [6, 6.07) is 3.83. The Kier molecular flexibility index (Phi) is 8.29. The highest BCUT2D eigenvalue weighted by Gasteiger charge is 2.50. The predicted molar refractivity (Wildman–Crippen MR) is 153 cm³/mol. The Bertz CT molecular complexity index is 1790. The van der Waals surface area contributed by atoms with Crippen LogP contribution in [-0.4, -0.2) is 63.2 Å². The SMILES string of the molecule is CC[C@@]1(OC(=O)NC(C)C)C(=O)OCc2c1cc1n(c2=O)Cc2c-1nc1cc(F)c(OCOP(=O)(O)O)cc1c2CN(C)C. The molecule has 0 saturated carbocycles. The number of aromatic nitrogens is 2. The third kappa shape index (κ3) is 5.69. The molecule has 4 heterocycles. The van der Waals surface area contributed by atoms with Crippen molar-refractivity contribution >= 4 is 30.8 Å². The lowest BCUT2D eigenvalue weighted by molar-refractivity contribution is -0.172. The fourth-order valence-corrected chi connectivity index (χ4v) is 5.70. The lowest BCUT2D eigenvalue weighted by Crippen LogP contribution is -2.49. The number of pyridine rings is 2. The summed E-state index contributed by atoms with van der Waals surface area (Å²) in [5.41, 5.74) is 0.416. The quantitative estimate of drug-likeness (QED) is 0.140. The summed E-state index contributed by atoms with van der Waals surface area (Å²) in [7, 11) is -1.18. The number of alkyl carbamates (subject to hydrolysis) is 1. The molecule has 2 aliphatic heterocycles. The molecule has 0 spiro atoms. The molecule has 3 N–H and O–H groups in total. The van der Waals surface area contributed by atoms with Gasteiger partial charge < -0.3 is 38.8 Å². The molecule has 1 amide bonds. The van der Waals surface area contributed by atoms with Crippen molar-refractivity contribution < 1.29 is 47.1 Å². The number of fused-ring (bicyclic) bond motifs is 5. The molecule has 0 radical (unpaired) electrons. The number of carbonyl (C=O) groups excluding carboxylic acids is 2. The minimum Gasteiger partial charge on any atom is -0.464 e. The Morgan fingerprint density at radius 2 is 1.98 bits per heavy atom. The van der Waals surface area contributed by atoms with E-state index in [0.29, 0.717) is 34.4 Å². The molecule has 0 unspecified atom stereocenters. The molecule has 1 aromatic carbocycles. The summed E-state index contributed by atoms with van der Waals surface area (Å²) in [5.74, 6) is -1.96. The normalized spacial score (nSPS) is 17.4. The number of carbonyl (C=O) groups is 2. The van der Waals surface area contributed by atoms with Gasteiger partial charge in [-0.15, -0.1) is 0 Å². The lowest BCUT2D eigenvalue weighted by atomic mass is 9.85. The van der Waals surface area contributed by atoms with Crippen LogP contribution in [0.2, 0.25) is 0 Å². The highest BCUT2D eigenvalue weighted by molar-refractivity contribution is 7.46. The topological polar surface area (TPSA) is 179 Å². The molecular formula is C28H32FN4O10P. The van der Waals surface area contributed by atoms with E-state index in [1.165, 1.54) is 10.6 Å². The van der Waals surface area contributed by atoms with Crippen LogP contribution in [0.3, 0.4) is 0 Å². The van der Waals surface area contributed by atoms with Crippen LogP contribution in [0.4, 0.5) is 9.18 Å². The minimum absolute atomic E-state index is 0.00313. The number of esters is 1. The molecule has 0 saturated heterocycles. The highest BCUT2D eigenvalue weighted by atomic mass is 31.2. The fraction of sp³-hybridized carbons (Fsp3) is 0.429. The van der Waals surface area contributed by atoms with Crippen molar-refractivity contribution in [2.75, 3.05) is 20.9 Å². The average molecular weight is 635 g/mol. The van der Waals surface area contributed by atoms with Crippen LogP contribution in [0.1, 0.15) is 49.4 Å². The van der Waals surface area contributed by atoms with Crippen molar-refractivity contribution in [3.05, 3.63) is 56.6 Å². The number of halogens is 1. The van der Waals surface area contributed by atoms with Gasteiger partial charge in [0, 0.05) is 35.2 Å². The van der Waals surface area contributed by atoms with Crippen molar-refractivity contribution in [2.24, 2.45) is 0 Å². The number of nitrogens with zero attached hydrogens (tertiary/aromatic N) is 3. The molecular weight excluding hydrogens is 602 g/mol. The number of ether oxygens (including phenoxy) is 3. The van der Waals surface area contributed by atoms with Crippen LogP contribution in [-0.2, 0) is 48.7 Å². The van der Waals surface area contributed by atoms with E-state index in [0.717, 1.165) is 6.07 Å². The minimum atomic E-state index is -4.84. The Morgan fingerprint density at radius 1 is 1.25 bits per heavy atom. The van der Waals surface area contributed by atoms with Crippen molar-refractivity contribution in [3.63, 3.8) is 0 Å². The van der Waals surface area contributed by atoms with Gasteiger partial charge in [-0.25, -0.2) is 28.1 Å². The number of hydrogen-bond acceptors (Lipinski definition) is 10. The van der Waals surface area contributed by atoms with Gasteiger partial charge in [-0.05, 0) is 52.1 Å². The number of phosphoric acid groups is 1. The maximum atomic E-state index is 15.1. The maximum absolute atomic E-state index is 15.1. The second-order valence-electron chi connectivity index (χ2n) is 11.1. The van der Waals surface area contributed by atoms with E-state index in [1.54, 1.807) is 26.8 Å². The van der Waals surface area contributed by atoms with Crippen LogP contribution in [0, 0.1) is 5.82 Å². The molecule has 44 heavy (non-hydrogen) atoms. The summed E-state index contributed by atoms with van der Waals surface area (Å²) in [5, 5.41) is 3.09. The molecule has 236 valence electrons. The summed E-state index contributed by atoms with van der Waals surface area (Å²) in [6.07, 6.45) is -0.846. The largest absolute Gasteiger partial charge is 0.472 e. The van der Waals surface area contributed by atoms with E-state index in [1.807, 2.05) is 19.0 Å². The zero-order valence-corrected chi connectivity index (χ0v) is 25.6. The Morgan fingerprint density at radius 3 is 2.61 bits per heavy atom. The molecule has 16 heteroatoms. The van der Waals surface area contributed by atoms with Gasteiger partial charge in [0.25, 0.3) is 5.56 Å². The molecule has 3 aromatic rings. The maximum Gasteiger partial charge on any atom is 0.472 e. The van der Waals surface area contributed by atoms with Gasteiger partial charge in [0.2, 0.25) is 12.4 Å². The number of cyclic esters (lactones) is 1. The average Bonchev–Trinajstić information content (AvgIpc) is 3.28. The third-order valence-corrected chi connectivity index (χ3v) is 7.85. The first kappa shape index (κ1) is 31.5. The molecule has 1 atom stereocenters. The molecule has 2 aromatic heterocycles. The summed E-state index contributed by atoms with van der Waals surface area (Å²) >= 11 is 0. The standard InChI is InChI=1S/C28H32FN4O10P/c1-6-28(43-27(36)30-14(2)3)19-8-22-24-17(11-33(22)25(34)18(19)12-40-26(28)35)16(10-32(4)5)15-7-23(20(29)9-21(15)31-24)41-13-42-44(37,38)39/h7-9,14H,6,10-13H2,1-5H3,(H,30,36)(H2,37,38,39)/t28-/m0/s1. The number of rotatable bonds is 9. The fourth-order valence-electron chi connectivity index (χ4n) is 5.51. The summed E-state index contributed by atoms with van der Waals surface area (Å²) < 4.78 is 48.1. The molecule has 0 bridgehead atoms. The zero-order chi connectivity index (χ0) is 32.1. The lowest BCUT2D eigenvalue weighted by Gasteiger charge is -2.35. The van der Waals surface area contributed by atoms with Gasteiger partial charge in [-0.2, -0.15) is 0 Å². The molecule has 14 nitrogen and oxygen atoms in total. The number of amides is 1. The molecule has 0 aliphatic carbocycles. The first-order valence-electron chi connectivity index (χ1n) is 13.7. The van der Waals surface area contributed by atoms with Gasteiger partial charge in [0.05, 0.1) is 29.0 Å². The van der Waals surface area contributed by atoms with Crippen LogP contribution in [0.5, 0.6) is 5.75 Å². The van der Waals surface area contributed by atoms with Crippen LogP contribution < -0.4 is 15.6 Å². The smallest absolute Gasteiger partial charge is 0.464 e. The number of nitrogens with one attached hydrogen (secondary N) is 1. The highest BCUT2D eigenvalue weighted by Crippen LogP contribution is 2.43. The van der Waals surface area contributed by atoms with E-state index in [-0.39, 0.29) is 48.0 Å². The van der Waals surface area contributed by atoms with Crippen molar-refractivity contribution in [2.45, 2.75) is 58.5 Å². The molecule has 0 fully saturated rings. The Labute approximate surface area is 250 Å². The first-order valence-corrected chi connectivity index (χ1v) is 15.2. The summed E-state index contributed by atoms with van der Waals surface area (Å²) in [4.78, 5) is 64.2. The van der Waals surface area contributed by atoms with E-state index in [4.69, 9.17) is 29.0 Å². The second kappa shape index (κ2) is 11.6. The van der Waals surface area contributed by atoms with E-state index >= 15 is 4.39 Å². The second-order valence-corrected chi connectivity index (χ2v) is 12.3. The monoisotopic (exact) mass is 634 g/mol. The molecule has 2 aliphatic rings. The van der Waals surface area contributed by atoms with Gasteiger partial charge >= 0.3 is 19.9 Å². The Balaban J connectivity index is 1.68.